The molecule has 0 spiro atoms. The van der Waals surface area contributed by atoms with Crippen LogP contribution >= 0.6 is 0 Å². The first-order valence-electron chi connectivity index (χ1n) is 9.80. The third kappa shape index (κ3) is 4.17. The number of amides is 1. The number of benzene rings is 1. The SMILES string of the molecule is Cc1ccc(-c2cc(C(=O)NC[C@@H](c3ccco3)N3CCCCC3)no2)cc1. The van der Waals surface area contributed by atoms with Crippen molar-refractivity contribution >= 4 is 5.91 Å². The van der Waals surface area contributed by atoms with Crippen molar-refractivity contribution in [3.05, 3.63) is 65.7 Å². The summed E-state index contributed by atoms with van der Waals surface area (Å²) in [5, 5.41) is 6.94. The summed E-state index contributed by atoms with van der Waals surface area (Å²) in [7, 11) is 0. The molecule has 0 saturated carbocycles. The Morgan fingerprint density at radius 3 is 2.68 bits per heavy atom. The van der Waals surface area contributed by atoms with Crippen LogP contribution in [0.3, 0.4) is 0 Å². The lowest BCUT2D eigenvalue weighted by molar-refractivity contribution is 0.0905. The van der Waals surface area contributed by atoms with Gasteiger partial charge in [-0.3, -0.25) is 9.69 Å². The van der Waals surface area contributed by atoms with Crippen molar-refractivity contribution in [2.75, 3.05) is 19.6 Å². The topological polar surface area (TPSA) is 71.5 Å². The summed E-state index contributed by atoms with van der Waals surface area (Å²) < 4.78 is 11.0. The lowest BCUT2D eigenvalue weighted by Crippen LogP contribution is -2.40. The van der Waals surface area contributed by atoms with Crippen molar-refractivity contribution in [3.63, 3.8) is 0 Å². The minimum absolute atomic E-state index is 0.0303. The number of carbonyl (C=O) groups is 1. The van der Waals surface area contributed by atoms with Gasteiger partial charge in [0.1, 0.15) is 5.76 Å². The Morgan fingerprint density at radius 1 is 1.18 bits per heavy atom. The largest absolute Gasteiger partial charge is 0.468 e. The minimum Gasteiger partial charge on any atom is -0.468 e. The quantitative estimate of drug-likeness (QED) is 0.695. The molecule has 1 aliphatic rings. The molecule has 0 radical (unpaired) electrons. The number of rotatable bonds is 6. The number of piperidine rings is 1. The molecule has 1 N–H and O–H groups in total. The third-order valence-electron chi connectivity index (χ3n) is 5.24. The monoisotopic (exact) mass is 379 g/mol. The maximum Gasteiger partial charge on any atom is 0.273 e. The fraction of sp³-hybridized carbons (Fsp3) is 0.364. The average molecular weight is 379 g/mol. The molecule has 3 heterocycles. The van der Waals surface area contributed by atoms with E-state index in [1.165, 1.54) is 24.8 Å². The van der Waals surface area contributed by atoms with Crippen molar-refractivity contribution in [2.45, 2.75) is 32.2 Å². The smallest absolute Gasteiger partial charge is 0.273 e. The fourth-order valence-corrected chi connectivity index (χ4v) is 3.64. The number of nitrogens with zero attached hydrogens (tertiary/aromatic N) is 2. The third-order valence-corrected chi connectivity index (χ3v) is 5.24. The van der Waals surface area contributed by atoms with E-state index in [1.807, 2.05) is 43.3 Å². The van der Waals surface area contributed by atoms with Crippen LogP contribution in [0.2, 0.25) is 0 Å². The van der Waals surface area contributed by atoms with Gasteiger partial charge in [-0.1, -0.05) is 41.4 Å². The average Bonchev–Trinajstić information content (AvgIpc) is 3.42. The van der Waals surface area contributed by atoms with Gasteiger partial charge in [0.05, 0.1) is 12.3 Å². The molecule has 28 heavy (non-hydrogen) atoms. The first-order chi connectivity index (χ1) is 13.7. The first kappa shape index (κ1) is 18.5. The van der Waals surface area contributed by atoms with Crippen LogP contribution < -0.4 is 5.32 Å². The molecule has 0 bridgehead atoms. The molecule has 6 heteroatoms. The summed E-state index contributed by atoms with van der Waals surface area (Å²) in [6.45, 7) is 4.53. The summed E-state index contributed by atoms with van der Waals surface area (Å²) >= 11 is 0. The number of nitrogens with one attached hydrogen (secondary N) is 1. The highest BCUT2D eigenvalue weighted by molar-refractivity contribution is 5.93. The molecule has 2 aromatic heterocycles. The predicted octanol–water partition coefficient (Wildman–Crippen LogP) is 4.20. The van der Waals surface area contributed by atoms with Gasteiger partial charge in [-0.05, 0) is 45.0 Å². The lowest BCUT2D eigenvalue weighted by atomic mass is 10.1. The van der Waals surface area contributed by atoms with E-state index in [0.29, 0.717) is 12.3 Å². The second kappa shape index (κ2) is 8.44. The maximum absolute atomic E-state index is 12.6. The number of likely N-dealkylation sites (tertiary alicyclic amines) is 1. The standard InChI is InChI=1S/C22H25N3O3/c1-16-7-9-17(10-8-16)21-14-18(24-28-21)22(26)23-15-19(20-6-5-13-27-20)25-11-3-2-4-12-25/h5-10,13-14,19H,2-4,11-12,15H2,1H3,(H,23,26)/t19-/m0/s1. The van der Waals surface area contributed by atoms with Crippen LogP contribution in [0.5, 0.6) is 0 Å². The molecule has 1 amide bonds. The van der Waals surface area contributed by atoms with Crippen molar-refractivity contribution < 1.29 is 13.7 Å². The Balaban J connectivity index is 1.43. The zero-order valence-electron chi connectivity index (χ0n) is 16.1. The molecular weight excluding hydrogens is 354 g/mol. The predicted molar refractivity (Wildman–Crippen MR) is 106 cm³/mol. The van der Waals surface area contributed by atoms with Crippen LogP contribution in [0.4, 0.5) is 0 Å². The van der Waals surface area contributed by atoms with Gasteiger partial charge in [0, 0.05) is 18.2 Å². The molecule has 146 valence electrons. The normalized spacial score (nSPS) is 16.0. The molecule has 1 fully saturated rings. The number of hydrogen-bond donors (Lipinski definition) is 1. The molecule has 1 atom stereocenters. The summed E-state index contributed by atoms with van der Waals surface area (Å²) in [5.74, 6) is 1.22. The minimum atomic E-state index is -0.240. The van der Waals surface area contributed by atoms with E-state index < -0.39 is 0 Å². The van der Waals surface area contributed by atoms with Gasteiger partial charge in [-0.15, -0.1) is 0 Å². The Labute approximate surface area is 164 Å². The van der Waals surface area contributed by atoms with Crippen LogP contribution in [0, 0.1) is 6.92 Å². The summed E-state index contributed by atoms with van der Waals surface area (Å²) in [5.41, 5.74) is 2.36. The summed E-state index contributed by atoms with van der Waals surface area (Å²) in [4.78, 5) is 15.0. The highest BCUT2D eigenvalue weighted by atomic mass is 16.5. The van der Waals surface area contributed by atoms with E-state index in [9.17, 15) is 4.79 Å². The van der Waals surface area contributed by atoms with Gasteiger partial charge >= 0.3 is 0 Å². The number of aryl methyl sites for hydroxylation is 1. The highest BCUT2D eigenvalue weighted by Crippen LogP contribution is 2.25. The van der Waals surface area contributed by atoms with Gasteiger partial charge in [0.25, 0.3) is 5.91 Å². The molecule has 1 saturated heterocycles. The molecule has 3 aromatic rings. The van der Waals surface area contributed by atoms with E-state index in [1.54, 1.807) is 12.3 Å². The van der Waals surface area contributed by atoms with Gasteiger partial charge < -0.3 is 14.3 Å². The number of furan rings is 1. The molecule has 1 aromatic carbocycles. The number of aromatic nitrogens is 1. The highest BCUT2D eigenvalue weighted by Gasteiger charge is 2.25. The van der Waals surface area contributed by atoms with Crippen LogP contribution in [0.1, 0.15) is 47.1 Å². The second-order valence-electron chi connectivity index (χ2n) is 7.28. The van der Waals surface area contributed by atoms with Gasteiger partial charge in [-0.2, -0.15) is 0 Å². The van der Waals surface area contributed by atoms with Crippen molar-refractivity contribution in [1.82, 2.24) is 15.4 Å². The Kier molecular flexibility index (Phi) is 5.58. The van der Waals surface area contributed by atoms with Gasteiger partial charge in [0.15, 0.2) is 11.5 Å². The van der Waals surface area contributed by atoms with Crippen LogP contribution in [0.15, 0.2) is 57.7 Å². The van der Waals surface area contributed by atoms with Gasteiger partial charge in [0.2, 0.25) is 0 Å². The Bertz CT molecular complexity index is 894. The lowest BCUT2D eigenvalue weighted by Gasteiger charge is -2.33. The van der Waals surface area contributed by atoms with E-state index in [4.69, 9.17) is 8.94 Å². The second-order valence-corrected chi connectivity index (χ2v) is 7.28. The van der Waals surface area contributed by atoms with Gasteiger partial charge in [-0.25, -0.2) is 0 Å². The Hall–Kier alpha value is -2.86. The molecular formula is C22H25N3O3. The molecule has 1 aliphatic heterocycles. The zero-order chi connectivity index (χ0) is 19.3. The van der Waals surface area contributed by atoms with Crippen LogP contribution in [-0.2, 0) is 0 Å². The molecule has 6 nitrogen and oxygen atoms in total. The fourth-order valence-electron chi connectivity index (χ4n) is 3.64. The molecule has 0 aliphatic carbocycles. The van der Waals surface area contributed by atoms with Crippen LogP contribution in [-0.4, -0.2) is 35.6 Å². The maximum atomic E-state index is 12.6. The van der Waals surface area contributed by atoms with Crippen molar-refractivity contribution in [3.8, 4) is 11.3 Å². The van der Waals surface area contributed by atoms with Crippen molar-refractivity contribution in [1.29, 1.82) is 0 Å². The number of carbonyl (C=O) groups excluding carboxylic acids is 1. The summed E-state index contributed by atoms with van der Waals surface area (Å²) in [6.07, 6.45) is 5.29. The van der Waals surface area contributed by atoms with E-state index in [0.717, 1.165) is 24.4 Å². The Morgan fingerprint density at radius 2 is 1.96 bits per heavy atom. The molecule has 4 rings (SSSR count). The first-order valence-corrected chi connectivity index (χ1v) is 9.80. The van der Waals surface area contributed by atoms with Crippen LogP contribution in [0.25, 0.3) is 11.3 Å². The zero-order valence-corrected chi connectivity index (χ0v) is 16.1. The van der Waals surface area contributed by atoms with E-state index in [-0.39, 0.29) is 17.6 Å². The van der Waals surface area contributed by atoms with E-state index >= 15 is 0 Å². The van der Waals surface area contributed by atoms with Crippen molar-refractivity contribution in [2.24, 2.45) is 0 Å². The molecule has 0 unspecified atom stereocenters. The number of hydrogen-bond acceptors (Lipinski definition) is 5. The summed E-state index contributed by atoms with van der Waals surface area (Å²) in [6, 6.07) is 13.5. The van der Waals surface area contributed by atoms with E-state index in [2.05, 4.69) is 15.4 Å².